The first kappa shape index (κ1) is 24.0. The van der Waals surface area contributed by atoms with Gasteiger partial charge in [0.15, 0.2) is 0 Å². The number of carbonyl (C=O) groups excluding carboxylic acids is 2. The Bertz CT molecular complexity index is 999. The lowest BCUT2D eigenvalue weighted by molar-refractivity contribution is -0.274. The van der Waals surface area contributed by atoms with Crippen LogP contribution in [0.3, 0.4) is 0 Å². The van der Waals surface area contributed by atoms with Crippen LogP contribution in [0.5, 0.6) is 5.75 Å². The van der Waals surface area contributed by atoms with E-state index in [1.165, 1.54) is 12.1 Å². The number of alkyl halides is 3. The normalized spacial score (nSPS) is 19.1. The van der Waals surface area contributed by atoms with Gasteiger partial charge in [-0.1, -0.05) is 18.2 Å². The Morgan fingerprint density at radius 2 is 1.79 bits per heavy atom. The average molecular weight is 477 g/mol. The van der Waals surface area contributed by atoms with Gasteiger partial charge >= 0.3 is 6.36 Å². The van der Waals surface area contributed by atoms with E-state index in [9.17, 15) is 22.8 Å². The molecule has 34 heavy (non-hydrogen) atoms. The summed E-state index contributed by atoms with van der Waals surface area (Å²) in [6.07, 6.45) is -3.60. The number of benzene rings is 2. The Morgan fingerprint density at radius 1 is 1.06 bits per heavy atom. The number of hydrogen-bond donors (Lipinski definition) is 1. The zero-order valence-electron chi connectivity index (χ0n) is 18.5. The third-order valence-corrected chi connectivity index (χ3v) is 5.82. The monoisotopic (exact) mass is 477 g/mol. The third kappa shape index (κ3) is 6.48. The highest BCUT2D eigenvalue weighted by molar-refractivity contribution is 5.98. The Labute approximate surface area is 195 Å². The number of piperazine rings is 1. The molecule has 0 saturated carbocycles. The molecule has 0 aliphatic carbocycles. The molecular formula is C24H26F3N3O4. The minimum Gasteiger partial charge on any atom is -0.406 e. The van der Waals surface area contributed by atoms with Crippen LogP contribution in [0.1, 0.15) is 28.8 Å². The molecule has 2 aromatic carbocycles. The van der Waals surface area contributed by atoms with Crippen LogP contribution in [0.2, 0.25) is 0 Å². The van der Waals surface area contributed by atoms with Crippen molar-refractivity contribution in [2.75, 3.05) is 38.1 Å². The fourth-order valence-electron chi connectivity index (χ4n) is 4.08. The van der Waals surface area contributed by atoms with Crippen LogP contribution in [0, 0.1) is 0 Å². The predicted octanol–water partition coefficient (Wildman–Crippen LogP) is 3.66. The lowest BCUT2D eigenvalue weighted by Gasteiger charge is -2.35. The largest absolute Gasteiger partial charge is 0.573 e. The zero-order valence-corrected chi connectivity index (χ0v) is 18.5. The molecule has 2 aliphatic rings. The SMILES string of the molecule is O=C(Nc1cccc(C(=O)N2CCN(Cc3ccc(OC(F)(F)F)cc3)CC2)c1)C1CCCO1. The van der Waals surface area contributed by atoms with Gasteiger partial charge in [-0.3, -0.25) is 14.5 Å². The van der Waals surface area contributed by atoms with E-state index in [0.29, 0.717) is 57.0 Å². The molecule has 1 N–H and O–H groups in total. The second-order valence-corrected chi connectivity index (χ2v) is 8.33. The van der Waals surface area contributed by atoms with Gasteiger partial charge in [0, 0.05) is 50.6 Å². The molecule has 0 aromatic heterocycles. The number of anilines is 1. The molecule has 2 heterocycles. The standard InChI is InChI=1S/C24H26F3N3O4/c25-24(26,27)34-20-8-6-17(7-9-20)16-29-10-12-30(13-11-29)23(32)18-3-1-4-19(15-18)28-22(31)21-5-2-14-33-21/h1,3-4,6-9,15,21H,2,5,10-14,16H2,(H,28,31). The molecule has 0 radical (unpaired) electrons. The van der Waals surface area contributed by atoms with Crippen LogP contribution in [-0.4, -0.2) is 66.9 Å². The predicted molar refractivity (Wildman–Crippen MR) is 118 cm³/mol. The number of amides is 2. The van der Waals surface area contributed by atoms with E-state index < -0.39 is 12.5 Å². The quantitative estimate of drug-likeness (QED) is 0.688. The molecule has 7 nitrogen and oxygen atoms in total. The Morgan fingerprint density at radius 3 is 2.44 bits per heavy atom. The maximum atomic E-state index is 13.0. The van der Waals surface area contributed by atoms with Gasteiger partial charge in [-0.05, 0) is 48.7 Å². The van der Waals surface area contributed by atoms with Crippen molar-refractivity contribution >= 4 is 17.5 Å². The second kappa shape index (κ2) is 10.4. The summed E-state index contributed by atoms with van der Waals surface area (Å²) in [5.74, 6) is -0.559. The summed E-state index contributed by atoms with van der Waals surface area (Å²) < 4.78 is 46.2. The van der Waals surface area contributed by atoms with Crippen molar-refractivity contribution < 1.29 is 32.2 Å². The molecule has 0 spiro atoms. The van der Waals surface area contributed by atoms with Crippen molar-refractivity contribution in [1.82, 2.24) is 9.80 Å². The molecule has 2 aliphatic heterocycles. The highest BCUT2D eigenvalue weighted by Crippen LogP contribution is 2.23. The van der Waals surface area contributed by atoms with Crippen molar-refractivity contribution in [3.63, 3.8) is 0 Å². The van der Waals surface area contributed by atoms with Crippen molar-refractivity contribution in [1.29, 1.82) is 0 Å². The first-order chi connectivity index (χ1) is 16.3. The number of carbonyl (C=O) groups is 2. The Kier molecular flexibility index (Phi) is 7.38. The van der Waals surface area contributed by atoms with E-state index in [0.717, 1.165) is 12.0 Å². The number of halogens is 3. The Balaban J connectivity index is 1.27. The molecule has 1 unspecified atom stereocenters. The van der Waals surface area contributed by atoms with E-state index in [1.807, 2.05) is 0 Å². The summed E-state index contributed by atoms with van der Waals surface area (Å²) in [6, 6.07) is 12.7. The molecule has 2 saturated heterocycles. The van der Waals surface area contributed by atoms with Gasteiger partial charge in [-0.2, -0.15) is 0 Å². The molecule has 1 atom stereocenters. The molecule has 182 valence electrons. The van der Waals surface area contributed by atoms with Crippen molar-refractivity contribution in [3.05, 3.63) is 59.7 Å². The molecule has 2 aromatic rings. The second-order valence-electron chi connectivity index (χ2n) is 8.33. The topological polar surface area (TPSA) is 71.1 Å². The summed E-state index contributed by atoms with van der Waals surface area (Å²) in [7, 11) is 0. The number of hydrogen-bond acceptors (Lipinski definition) is 5. The van der Waals surface area contributed by atoms with Crippen LogP contribution < -0.4 is 10.1 Å². The fourth-order valence-corrected chi connectivity index (χ4v) is 4.08. The number of nitrogens with zero attached hydrogens (tertiary/aromatic N) is 2. The van der Waals surface area contributed by atoms with Crippen molar-refractivity contribution in [3.8, 4) is 5.75 Å². The van der Waals surface area contributed by atoms with Gasteiger partial charge in [-0.25, -0.2) is 0 Å². The highest BCUT2D eigenvalue weighted by Gasteiger charge is 2.31. The molecule has 4 rings (SSSR count). The molecule has 10 heteroatoms. The number of ether oxygens (including phenoxy) is 2. The summed E-state index contributed by atoms with van der Waals surface area (Å²) in [4.78, 5) is 29.1. The average Bonchev–Trinajstić information content (AvgIpc) is 3.35. The van der Waals surface area contributed by atoms with E-state index in [1.54, 1.807) is 41.3 Å². The van der Waals surface area contributed by atoms with Crippen LogP contribution in [0.15, 0.2) is 48.5 Å². The maximum absolute atomic E-state index is 13.0. The zero-order chi connectivity index (χ0) is 24.1. The summed E-state index contributed by atoms with van der Waals surface area (Å²) in [5, 5.41) is 2.82. The summed E-state index contributed by atoms with van der Waals surface area (Å²) >= 11 is 0. The van der Waals surface area contributed by atoms with Crippen LogP contribution in [0.25, 0.3) is 0 Å². The fraction of sp³-hybridized carbons (Fsp3) is 0.417. The van der Waals surface area contributed by atoms with E-state index in [2.05, 4.69) is 15.0 Å². The van der Waals surface area contributed by atoms with Gasteiger partial charge in [0.25, 0.3) is 11.8 Å². The third-order valence-electron chi connectivity index (χ3n) is 5.82. The van der Waals surface area contributed by atoms with Crippen LogP contribution >= 0.6 is 0 Å². The number of rotatable bonds is 6. The molecular weight excluding hydrogens is 451 g/mol. The highest BCUT2D eigenvalue weighted by atomic mass is 19.4. The lowest BCUT2D eigenvalue weighted by atomic mass is 10.1. The first-order valence-electron chi connectivity index (χ1n) is 11.2. The van der Waals surface area contributed by atoms with Crippen LogP contribution in [0.4, 0.5) is 18.9 Å². The maximum Gasteiger partial charge on any atom is 0.573 e. The Hall–Kier alpha value is -3.11. The van der Waals surface area contributed by atoms with E-state index in [4.69, 9.17) is 4.74 Å². The van der Waals surface area contributed by atoms with Crippen molar-refractivity contribution in [2.24, 2.45) is 0 Å². The minimum absolute atomic E-state index is 0.110. The lowest BCUT2D eigenvalue weighted by Crippen LogP contribution is -2.48. The van der Waals surface area contributed by atoms with Gasteiger partial charge in [-0.15, -0.1) is 13.2 Å². The van der Waals surface area contributed by atoms with Crippen molar-refractivity contribution in [2.45, 2.75) is 31.9 Å². The first-order valence-corrected chi connectivity index (χ1v) is 11.2. The van der Waals surface area contributed by atoms with E-state index in [-0.39, 0.29) is 17.6 Å². The minimum atomic E-state index is -4.71. The van der Waals surface area contributed by atoms with Gasteiger partial charge in [0.1, 0.15) is 11.9 Å². The molecule has 2 amide bonds. The molecule has 2 fully saturated rings. The van der Waals surface area contributed by atoms with Gasteiger partial charge in [0.2, 0.25) is 0 Å². The summed E-state index contributed by atoms with van der Waals surface area (Å²) in [6.45, 7) is 3.49. The number of nitrogens with one attached hydrogen (secondary N) is 1. The van der Waals surface area contributed by atoms with Gasteiger partial charge < -0.3 is 19.7 Å². The molecule has 0 bridgehead atoms. The smallest absolute Gasteiger partial charge is 0.406 e. The van der Waals surface area contributed by atoms with Gasteiger partial charge in [0.05, 0.1) is 0 Å². The summed E-state index contributed by atoms with van der Waals surface area (Å²) in [5.41, 5.74) is 1.92. The van der Waals surface area contributed by atoms with Crippen LogP contribution in [-0.2, 0) is 16.1 Å². The van der Waals surface area contributed by atoms with E-state index >= 15 is 0 Å².